The molecule has 2 N–H and O–H groups in total. The maximum atomic E-state index is 12.2. The molecule has 0 saturated heterocycles. The largest absolute Gasteiger partial charge is 0.506 e. The molecule has 0 aliphatic heterocycles. The van der Waals surface area contributed by atoms with E-state index in [2.05, 4.69) is 10.3 Å². The second kappa shape index (κ2) is 5.72. The summed E-state index contributed by atoms with van der Waals surface area (Å²) in [4.78, 5) is 26.4. The van der Waals surface area contributed by atoms with Crippen LogP contribution >= 0.6 is 0 Å². The third-order valence-corrected chi connectivity index (χ3v) is 3.27. The Morgan fingerprint density at radius 2 is 1.83 bits per heavy atom. The van der Waals surface area contributed by atoms with Crippen molar-refractivity contribution in [3.8, 4) is 5.75 Å². The van der Waals surface area contributed by atoms with Gasteiger partial charge in [0.15, 0.2) is 0 Å². The SMILES string of the molecule is O=C(Nc1ccc([N+](=O)[O-])cc1)c1ccc2cccc(O)c2n1. The first-order chi connectivity index (χ1) is 11.0. The molecule has 0 unspecified atom stereocenters. The minimum absolute atomic E-state index is 0.00696. The number of aromatic hydroxyl groups is 1. The monoisotopic (exact) mass is 309 g/mol. The summed E-state index contributed by atoms with van der Waals surface area (Å²) in [6.07, 6.45) is 0. The van der Waals surface area contributed by atoms with E-state index in [9.17, 15) is 20.0 Å². The number of carbonyl (C=O) groups excluding carboxylic acids is 1. The second-order valence-corrected chi connectivity index (χ2v) is 4.80. The first-order valence-corrected chi connectivity index (χ1v) is 6.69. The lowest BCUT2D eigenvalue weighted by Gasteiger charge is -2.06. The average molecular weight is 309 g/mol. The number of hydrogen-bond donors (Lipinski definition) is 2. The molecule has 2 aromatic carbocycles. The topological polar surface area (TPSA) is 105 Å². The third-order valence-electron chi connectivity index (χ3n) is 3.27. The number of anilines is 1. The van der Waals surface area contributed by atoms with Gasteiger partial charge in [0.2, 0.25) is 0 Å². The van der Waals surface area contributed by atoms with Gasteiger partial charge < -0.3 is 10.4 Å². The number of amides is 1. The average Bonchev–Trinajstić information content (AvgIpc) is 2.55. The third kappa shape index (κ3) is 2.93. The Balaban J connectivity index is 1.85. The number of nitro groups is 1. The van der Waals surface area contributed by atoms with Gasteiger partial charge in [-0.1, -0.05) is 18.2 Å². The Morgan fingerprint density at radius 1 is 1.09 bits per heavy atom. The van der Waals surface area contributed by atoms with Crippen molar-refractivity contribution in [3.63, 3.8) is 0 Å². The summed E-state index contributed by atoms with van der Waals surface area (Å²) in [6, 6.07) is 13.7. The highest BCUT2D eigenvalue weighted by Gasteiger charge is 2.11. The van der Waals surface area contributed by atoms with Gasteiger partial charge in [-0.25, -0.2) is 4.98 Å². The van der Waals surface area contributed by atoms with E-state index in [-0.39, 0.29) is 17.1 Å². The van der Waals surface area contributed by atoms with E-state index in [4.69, 9.17) is 0 Å². The summed E-state index contributed by atoms with van der Waals surface area (Å²) in [7, 11) is 0. The minimum Gasteiger partial charge on any atom is -0.506 e. The van der Waals surface area contributed by atoms with E-state index >= 15 is 0 Å². The van der Waals surface area contributed by atoms with Gasteiger partial charge in [-0.3, -0.25) is 14.9 Å². The molecule has 1 amide bonds. The summed E-state index contributed by atoms with van der Waals surface area (Å²) in [5.74, 6) is -0.475. The van der Waals surface area contributed by atoms with Gasteiger partial charge in [0, 0.05) is 23.2 Å². The maximum Gasteiger partial charge on any atom is 0.274 e. The van der Waals surface area contributed by atoms with Crippen molar-refractivity contribution in [3.05, 3.63) is 70.4 Å². The molecule has 114 valence electrons. The minimum atomic E-state index is -0.515. The van der Waals surface area contributed by atoms with Gasteiger partial charge in [-0.05, 0) is 24.3 Å². The molecule has 0 radical (unpaired) electrons. The summed E-state index contributed by atoms with van der Waals surface area (Å²) in [6.45, 7) is 0. The smallest absolute Gasteiger partial charge is 0.274 e. The number of rotatable bonds is 3. The van der Waals surface area contributed by atoms with Crippen molar-refractivity contribution in [2.45, 2.75) is 0 Å². The van der Waals surface area contributed by atoms with Crippen LogP contribution in [0.1, 0.15) is 10.5 Å². The highest BCUT2D eigenvalue weighted by atomic mass is 16.6. The Labute approximate surface area is 130 Å². The first-order valence-electron chi connectivity index (χ1n) is 6.69. The van der Waals surface area contributed by atoms with Crippen LogP contribution in [0.25, 0.3) is 10.9 Å². The maximum absolute atomic E-state index is 12.2. The van der Waals surface area contributed by atoms with Gasteiger partial charge in [0.05, 0.1) is 4.92 Å². The van der Waals surface area contributed by atoms with Crippen molar-refractivity contribution in [2.24, 2.45) is 0 Å². The quantitative estimate of drug-likeness (QED) is 0.571. The molecular formula is C16H11N3O4. The fraction of sp³-hybridized carbons (Fsp3) is 0. The zero-order valence-electron chi connectivity index (χ0n) is 11.8. The molecule has 0 aliphatic carbocycles. The van der Waals surface area contributed by atoms with Gasteiger partial charge in [-0.2, -0.15) is 0 Å². The number of pyridine rings is 1. The van der Waals surface area contributed by atoms with E-state index in [0.717, 1.165) is 5.39 Å². The number of para-hydroxylation sites is 1. The van der Waals surface area contributed by atoms with Crippen LogP contribution in [0.3, 0.4) is 0 Å². The van der Waals surface area contributed by atoms with E-state index in [1.807, 2.05) is 0 Å². The lowest BCUT2D eigenvalue weighted by Crippen LogP contribution is -2.13. The van der Waals surface area contributed by atoms with Crippen LogP contribution in [0.2, 0.25) is 0 Å². The van der Waals surface area contributed by atoms with Crippen LogP contribution < -0.4 is 5.32 Å². The molecule has 0 atom stereocenters. The Hall–Kier alpha value is -3.48. The molecule has 7 nitrogen and oxygen atoms in total. The number of nitrogens with zero attached hydrogens (tertiary/aromatic N) is 2. The predicted octanol–water partition coefficient (Wildman–Crippen LogP) is 3.10. The molecule has 0 bridgehead atoms. The number of non-ortho nitro benzene ring substituents is 1. The highest BCUT2D eigenvalue weighted by Crippen LogP contribution is 2.23. The summed E-state index contributed by atoms with van der Waals surface area (Å²) in [5.41, 5.74) is 0.831. The molecule has 7 heteroatoms. The number of phenolic OH excluding ortho intramolecular Hbond substituents is 1. The number of aromatic nitrogens is 1. The molecule has 23 heavy (non-hydrogen) atoms. The lowest BCUT2D eigenvalue weighted by molar-refractivity contribution is -0.384. The standard InChI is InChI=1S/C16H11N3O4/c20-14-3-1-2-10-4-9-13(18-15(10)14)16(21)17-11-5-7-12(8-6-11)19(22)23/h1-9,20H,(H,17,21). The van der Waals surface area contributed by atoms with Crippen molar-refractivity contribution in [1.82, 2.24) is 4.98 Å². The molecule has 1 aromatic heterocycles. The van der Waals surface area contributed by atoms with Crippen molar-refractivity contribution < 1.29 is 14.8 Å². The zero-order chi connectivity index (χ0) is 16.4. The molecule has 1 heterocycles. The van der Waals surface area contributed by atoms with Crippen LogP contribution in [-0.2, 0) is 0 Å². The normalized spacial score (nSPS) is 10.4. The van der Waals surface area contributed by atoms with E-state index in [1.165, 1.54) is 30.3 Å². The Bertz CT molecular complexity index is 907. The van der Waals surface area contributed by atoms with Gasteiger partial charge >= 0.3 is 0 Å². The number of phenols is 1. The number of hydrogen-bond acceptors (Lipinski definition) is 5. The van der Waals surface area contributed by atoms with Crippen LogP contribution in [0.15, 0.2) is 54.6 Å². The first kappa shape index (κ1) is 14.5. The van der Waals surface area contributed by atoms with Crippen molar-refractivity contribution in [1.29, 1.82) is 0 Å². The molecule has 3 aromatic rings. The van der Waals surface area contributed by atoms with E-state index < -0.39 is 10.8 Å². The molecule has 0 spiro atoms. The van der Waals surface area contributed by atoms with Crippen LogP contribution in [-0.4, -0.2) is 20.9 Å². The molecule has 0 saturated carbocycles. The zero-order valence-corrected chi connectivity index (χ0v) is 11.8. The number of carbonyl (C=O) groups is 1. The van der Waals surface area contributed by atoms with E-state index in [1.54, 1.807) is 24.3 Å². The Morgan fingerprint density at radius 3 is 2.52 bits per heavy atom. The fourth-order valence-corrected chi connectivity index (χ4v) is 2.12. The number of nitrogens with one attached hydrogen (secondary N) is 1. The fourth-order valence-electron chi connectivity index (χ4n) is 2.12. The van der Waals surface area contributed by atoms with Crippen LogP contribution in [0, 0.1) is 10.1 Å². The van der Waals surface area contributed by atoms with Gasteiger partial charge in [0.25, 0.3) is 11.6 Å². The van der Waals surface area contributed by atoms with Crippen molar-refractivity contribution >= 4 is 28.2 Å². The number of benzene rings is 2. The number of nitro benzene ring substituents is 1. The van der Waals surface area contributed by atoms with Crippen LogP contribution in [0.5, 0.6) is 5.75 Å². The summed E-state index contributed by atoms with van der Waals surface area (Å²) in [5, 5.41) is 23.7. The predicted molar refractivity (Wildman–Crippen MR) is 84.5 cm³/mol. The summed E-state index contributed by atoms with van der Waals surface area (Å²) >= 11 is 0. The molecule has 0 aliphatic rings. The molecule has 0 fully saturated rings. The Kier molecular flexibility index (Phi) is 3.60. The molecule has 3 rings (SSSR count). The van der Waals surface area contributed by atoms with E-state index in [0.29, 0.717) is 11.2 Å². The van der Waals surface area contributed by atoms with Crippen molar-refractivity contribution in [2.75, 3.05) is 5.32 Å². The number of fused-ring (bicyclic) bond motifs is 1. The molecular weight excluding hydrogens is 298 g/mol. The van der Waals surface area contributed by atoms with Crippen LogP contribution in [0.4, 0.5) is 11.4 Å². The van der Waals surface area contributed by atoms with Gasteiger partial charge in [-0.15, -0.1) is 0 Å². The summed E-state index contributed by atoms with van der Waals surface area (Å²) < 4.78 is 0. The van der Waals surface area contributed by atoms with Gasteiger partial charge in [0.1, 0.15) is 17.0 Å². The second-order valence-electron chi connectivity index (χ2n) is 4.80. The lowest BCUT2D eigenvalue weighted by atomic mass is 10.2. The highest BCUT2D eigenvalue weighted by molar-refractivity contribution is 6.04.